The SMILES string of the molecule is COc1cccc(N(CC(=O)Nc2ccc(S(=O)(=O)Nc3ccc(Cl)c(C(F)(F)F)c3)cc2)S(C)(=O)=O)c1. The van der Waals surface area contributed by atoms with Gasteiger partial charge in [-0.1, -0.05) is 17.7 Å². The first-order valence-corrected chi connectivity index (χ1v) is 14.2. The van der Waals surface area contributed by atoms with Gasteiger partial charge in [0.25, 0.3) is 10.0 Å². The predicted octanol–water partition coefficient (Wildman–Crippen LogP) is 4.57. The standard InChI is InChI=1S/C23H21ClF3N3O6S2/c1-36-18-5-3-4-17(13-18)30(37(2,32)33)14-22(31)28-15-6-9-19(10-7-15)38(34,35)29-16-8-11-21(24)20(12-16)23(25,26)27/h3-13,29H,14H2,1-2H3,(H,28,31). The molecule has 0 saturated carbocycles. The Morgan fingerprint density at radius 2 is 1.61 bits per heavy atom. The molecule has 0 unspecified atom stereocenters. The van der Waals surface area contributed by atoms with Crippen LogP contribution in [0.1, 0.15) is 5.56 Å². The summed E-state index contributed by atoms with van der Waals surface area (Å²) in [6.07, 6.45) is -3.84. The van der Waals surface area contributed by atoms with Crippen molar-refractivity contribution in [2.75, 3.05) is 34.3 Å². The number of hydrogen-bond acceptors (Lipinski definition) is 6. The first-order valence-electron chi connectivity index (χ1n) is 10.5. The molecule has 15 heteroatoms. The number of halogens is 4. The number of nitrogens with zero attached hydrogens (tertiary/aromatic N) is 1. The molecule has 0 heterocycles. The predicted molar refractivity (Wildman–Crippen MR) is 138 cm³/mol. The van der Waals surface area contributed by atoms with Crippen LogP contribution in [0.2, 0.25) is 5.02 Å². The van der Waals surface area contributed by atoms with Crippen molar-refractivity contribution in [2.24, 2.45) is 0 Å². The zero-order valence-corrected chi connectivity index (χ0v) is 22.2. The summed E-state index contributed by atoms with van der Waals surface area (Å²) in [7, 11) is -6.73. The minimum Gasteiger partial charge on any atom is -0.497 e. The van der Waals surface area contributed by atoms with Gasteiger partial charge in [0.15, 0.2) is 0 Å². The summed E-state index contributed by atoms with van der Waals surface area (Å²) in [5, 5.41) is 1.89. The van der Waals surface area contributed by atoms with Crippen molar-refractivity contribution < 1.29 is 39.5 Å². The van der Waals surface area contributed by atoms with Crippen LogP contribution < -0.4 is 19.1 Å². The van der Waals surface area contributed by atoms with E-state index in [0.717, 1.165) is 34.8 Å². The largest absolute Gasteiger partial charge is 0.497 e. The van der Waals surface area contributed by atoms with Gasteiger partial charge in [-0.15, -0.1) is 0 Å². The van der Waals surface area contributed by atoms with E-state index in [0.29, 0.717) is 11.8 Å². The van der Waals surface area contributed by atoms with E-state index in [-0.39, 0.29) is 22.0 Å². The van der Waals surface area contributed by atoms with Crippen LogP contribution in [0.5, 0.6) is 5.75 Å². The quantitative estimate of drug-likeness (QED) is 0.376. The summed E-state index contributed by atoms with van der Waals surface area (Å²) < 4.78 is 97.1. The number of alkyl halides is 3. The van der Waals surface area contributed by atoms with Gasteiger partial charge in [0.05, 0.1) is 34.5 Å². The average Bonchev–Trinajstić information content (AvgIpc) is 2.82. The van der Waals surface area contributed by atoms with E-state index in [1.807, 2.05) is 4.72 Å². The first kappa shape index (κ1) is 29.1. The Bertz CT molecular complexity index is 1550. The number of nitrogens with one attached hydrogen (secondary N) is 2. The summed E-state index contributed by atoms with van der Waals surface area (Å²) >= 11 is 5.56. The van der Waals surface area contributed by atoms with Crippen LogP contribution in [0.4, 0.5) is 30.2 Å². The van der Waals surface area contributed by atoms with Gasteiger partial charge in [0.1, 0.15) is 12.3 Å². The molecule has 3 aromatic rings. The lowest BCUT2D eigenvalue weighted by Gasteiger charge is -2.22. The highest BCUT2D eigenvalue weighted by atomic mass is 35.5. The van der Waals surface area contributed by atoms with Crippen LogP contribution in [-0.2, 0) is 31.0 Å². The Balaban J connectivity index is 1.74. The molecule has 0 atom stereocenters. The fraction of sp³-hybridized carbons (Fsp3) is 0.174. The highest BCUT2D eigenvalue weighted by Crippen LogP contribution is 2.36. The van der Waals surface area contributed by atoms with Crippen molar-refractivity contribution in [3.63, 3.8) is 0 Å². The van der Waals surface area contributed by atoms with Crippen LogP contribution in [0, 0.1) is 0 Å². The zero-order valence-electron chi connectivity index (χ0n) is 19.8. The lowest BCUT2D eigenvalue weighted by atomic mass is 10.2. The monoisotopic (exact) mass is 591 g/mol. The highest BCUT2D eigenvalue weighted by molar-refractivity contribution is 7.92. The summed E-state index contributed by atoms with van der Waals surface area (Å²) in [5.74, 6) is -0.331. The van der Waals surface area contributed by atoms with Gasteiger partial charge >= 0.3 is 6.18 Å². The molecule has 0 saturated heterocycles. The number of methoxy groups -OCH3 is 1. The van der Waals surface area contributed by atoms with Gasteiger partial charge in [0, 0.05) is 17.4 Å². The maximum atomic E-state index is 13.1. The van der Waals surface area contributed by atoms with E-state index >= 15 is 0 Å². The van der Waals surface area contributed by atoms with Crippen LogP contribution in [0.3, 0.4) is 0 Å². The van der Waals surface area contributed by atoms with Gasteiger partial charge < -0.3 is 10.1 Å². The second kappa shape index (κ2) is 11.1. The molecule has 0 radical (unpaired) electrons. The van der Waals surface area contributed by atoms with E-state index in [1.54, 1.807) is 12.1 Å². The summed E-state index contributed by atoms with van der Waals surface area (Å²) in [6.45, 7) is -0.578. The first-order chi connectivity index (χ1) is 17.6. The molecule has 0 aliphatic carbocycles. The molecule has 2 N–H and O–H groups in total. The van der Waals surface area contributed by atoms with E-state index in [4.69, 9.17) is 16.3 Å². The molecule has 3 rings (SSSR count). The summed E-state index contributed by atoms with van der Waals surface area (Å²) in [5.41, 5.74) is -1.20. The second-order valence-electron chi connectivity index (χ2n) is 7.84. The molecule has 0 spiro atoms. The minimum absolute atomic E-state index is 0.152. The van der Waals surface area contributed by atoms with Crippen molar-refractivity contribution in [3.05, 3.63) is 77.3 Å². The molecule has 0 bridgehead atoms. The van der Waals surface area contributed by atoms with E-state index in [9.17, 15) is 34.8 Å². The third-order valence-corrected chi connectivity index (χ3v) is 7.87. The Morgan fingerprint density at radius 3 is 2.18 bits per heavy atom. The number of carbonyl (C=O) groups is 1. The topological polar surface area (TPSA) is 122 Å². The van der Waals surface area contributed by atoms with E-state index in [1.165, 1.54) is 31.4 Å². The lowest BCUT2D eigenvalue weighted by molar-refractivity contribution is -0.137. The molecular formula is C23H21ClF3N3O6S2. The maximum Gasteiger partial charge on any atom is 0.417 e. The maximum absolute atomic E-state index is 13.1. The average molecular weight is 592 g/mol. The van der Waals surface area contributed by atoms with Gasteiger partial charge in [-0.3, -0.25) is 13.8 Å². The van der Waals surface area contributed by atoms with Crippen molar-refractivity contribution in [1.82, 2.24) is 0 Å². The number of benzene rings is 3. The van der Waals surface area contributed by atoms with Gasteiger partial charge in [-0.25, -0.2) is 16.8 Å². The molecule has 3 aromatic carbocycles. The van der Waals surface area contributed by atoms with Crippen molar-refractivity contribution in [3.8, 4) is 5.75 Å². The zero-order chi connectivity index (χ0) is 28.3. The molecule has 0 aromatic heterocycles. The normalized spacial score (nSPS) is 12.1. The third-order valence-electron chi connectivity index (χ3n) is 5.00. The van der Waals surface area contributed by atoms with E-state index in [2.05, 4.69) is 5.32 Å². The number of carbonyl (C=O) groups excluding carboxylic acids is 1. The summed E-state index contributed by atoms with van der Waals surface area (Å²) in [6, 6.07) is 13.4. The van der Waals surface area contributed by atoms with Crippen molar-refractivity contribution in [1.29, 1.82) is 0 Å². The number of ether oxygens (including phenoxy) is 1. The van der Waals surface area contributed by atoms with Crippen LogP contribution in [0.25, 0.3) is 0 Å². The number of anilines is 3. The molecule has 0 fully saturated rings. The fourth-order valence-electron chi connectivity index (χ4n) is 3.23. The smallest absolute Gasteiger partial charge is 0.417 e. The number of sulfonamides is 2. The molecule has 0 aliphatic rings. The van der Waals surface area contributed by atoms with Crippen LogP contribution >= 0.6 is 11.6 Å². The lowest BCUT2D eigenvalue weighted by Crippen LogP contribution is -2.37. The molecular weight excluding hydrogens is 571 g/mol. The fourth-order valence-corrected chi connectivity index (χ4v) is 5.36. The number of rotatable bonds is 9. The Kier molecular flexibility index (Phi) is 8.48. The second-order valence-corrected chi connectivity index (χ2v) is 11.8. The highest BCUT2D eigenvalue weighted by Gasteiger charge is 2.33. The van der Waals surface area contributed by atoms with Crippen molar-refractivity contribution in [2.45, 2.75) is 11.1 Å². The molecule has 9 nitrogen and oxygen atoms in total. The van der Waals surface area contributed by atoms with Gasteiger partial charge in [-0.05, 0) is 54.6 Å². The van der Waals surface area contributed by atoms with Gasteiger partial charge in [-0.2, -0.15) is 13.2 Å². The Labute approximate surface area is 222 Å². The number of hydrogen-bond donors (Lipinski definition) is 2. The van der Waals surface area contributed by atoms with Crippen molar-refractivity contribution >= 4 is 54.6 Å². The minimum atomic E-state index is -4.78. The molecule has 1 amide bonds. The third kappa shape index (κ3) is 7.30. The molecule has 0 aliphatic heterocycles. The Morgan fingerprint density at radius 1 is 0.974 bits per heavy atom. The van der Waals surface area contributed by atoms with Crippen LogP contribution in [-0.4, -0.2) is 42.7 Å². The van der Waals surface area contributed by atoms with Gasteiger partial charge in [0.2, 0.25) is 15.9 Å². The number of amides is 1. The van der Waals surface area contributed by atoms with Crippen LogP contribution in [0.15, 0.2) is 71.6 Å². The summed E-state index contributed by atoms with van der Waals surface area (Å²) in [4.78, 5) is 12.3. The molecule has 204 valence electrons. The Hall–Kier alpha value is -3.49. The molecule has 38 heavy (non-hydrogen) atoms. The van der Waals surface area contributed by atoms with E-state index < -0.39 is 49.3 Å².